The molecule has 118 valence electrons. The van der Waals surface area contributed by atoms with Crippen LogP contribution in [0, 0.1) is 0 Å². The number of ether oxygens (including phenoxy) is 2. The third-order valence-corrected chi connectivity index (χ3v) is 4.29. The van der Waals surface area contributed by atoms with Crippen LogP contribution < -0.4 is 5.73 Å². The van der Waals surface area contributed by atoms with Gasteiger partial charge >= 0.3 is 0 Å². The van der Waals surface area contributed by atoms with Gasteiger partial charge < -0.3 is 15.2 Å². The van der Waals surface area contributed by atoms with E-state index in [9.17, 15) is 0 Å². The molecule has 0 aromatic heterocycles. The van der Waals surface area contributed by atoms with Gasteiger partial charge in [-0.3, -0.25) is 4.90 Å². The van der Waals surface area contributed by atoms with E-state index < -0.39 is 0 Å². The zero-order chi connectivity index (χ0) is 15.1. The maximum absolute atomic E-state index is 6.51. The fourth-order valence-corrected chi connectivity index (χ4v) is 3.26. The first-order valence-electron chi connectivity index (χ1n) is 7.83. The van der Waals surface area contributed by atoms with E-state index in [4.69, 9.17) is 15.2 Å². The zero-order valence-electron chi connectivity index (χ0n) is 13.3. The highest BCUT2D eigenvalue weighted by Crippen LogP contribution is 2.31. The average molecular weight is 292 g/mol. The number of rotatable bonds is 6. The molecular formula is C17H28N2O2. The van der Waals surface area contributed by atoms with E-state index in [1.165, 1.54) is 24.0 Å². The van der Waals surface area contributed by atoms with Crippen molar-refractivity contribution in [2.75, 3.05) is 33.9 Å². The summed E-state index contributed by atoms with van der Waals surface area (Å²) in [5.74, 6) is 0. The predicted octanol–water partition coefficient (Wildman–Crippen LogP) is 2.33. The Kier molecular flexibility index (Phi) is 6.64. The van der Waals surface area contributed by atoms with Crippen LogP contribution in [0.25, 0.3) is 0 Å². The molecule has 1 heterocycles. The summed E-state index contributed by atoms with van der Waals surface area (Å²) in [6, 6.07) is 8.94. The third kappa shape index (κ3) is 4.27. The highest BCUT2D eigenvalue weighted by Gasteiger charge is 2.29. The second-order valence-electron chi connectivity index (χ2n) is 5.77. The summed E-state index contributed by atoms with van der Waals surface area (Å²) in [5, 5.41) is 0. The van der Waals surface area contributed by atoms with Gasteiger partial charge in [0.1, 0.15) is 0 Å². The standard InChI is InChI=1S/C17H28N2O2/c1-20-12-11-19-10-6-5-9-16(18)17(19)15-8-4-3-7-14(15)13-21-2/h3-4,7-8,16-17H,5-6,9-13,18H2,1-2H3. The van der Waals surface area contributed by atoms with Crippen molar-refractivity contribution in [3.05, 3.63) is 35.4 Å². The highest BCUT2D eigenvalue weighted by atomic mass is 16.5. The van der Waals surface area contributed by atoms with E-state index in [-0.39, 0.29) is 12.1 Å². The molecule has 2 atom stereocenters. The average Bonchev–Trinajstić information content (AvgIpc) is 2.68. The molecule has 0 radical (unpaired) electrons. The molecule has 1 saturated heterocycles. The lowest BCUT2D eigenvalue weighted by Crippen LogP contribution is -2.41. The van der Waals surface area contributed by atoms with Crippen LogP contribution in [-0.2, 0) is 16.1 Å². The molecule has 21 heavy (non-hydrogen) atoms. The summed E-state index contributed by atoms with van der Waals surface area (Å²) in [7, 11) is 3.50. The SMILES string of the molecule is COCCN1CCCCC(N)C1c1ccccc1COC. The molecule has 1 fully saturated rings. The second kappa shape index (κ2) is 8.49. The lowest BCUT2D eigenvalue weighted by atomic mass is 9.92. The summed E-state index contributed by atoms with van der Waals surface area (Å²) in [5.41, 5.74) is 9.07. The maximum atomic E-state index is 6.51. The Bertz CT molecular complexity index is 425. The molecule has 1 aromatic rings. The van der Waals surface area contributed by atoms with E-state index in [1.807, 2.05) is 0 Å². The minimum atomic E-state index is 0.169. The Labute approximate surface area is 128 Å². The maximum Gasteiger partial charge on any atom is 0.0716 e. The van der Waals surface area contributed by atoms with Gasteiger partial charge in [0.15, 0.2) is 0 Å². The Balaban J connectivity index is 2.29. The van der Waals surface area contributed by atoms with Crippen molar-refractivity contribution >= 4 is 0 Å². The quantitative estimate of drug-likeness (QED) is 0.874. The molecule has 4 nitrogen and oxygen atoms in total. The normalized spacial score (nSPS) is 24.0. The van der Waals surface area contributed by atoms with Crippen LogP contribution in [-0.4, -0.2) is 44.9 Å². The molecule has 0 aliphatic carbocycles. The van der Waals surface area contributed by atoms with Crippen molar-refractivity contribution in [1.82, 2.24) is 4.90 Å². The van der Waals surface area contributed by atoms with Gasteiger partial charge in [0.2, 0.25) is 0 Å². The smallest absolute Gasteiger partial charge is 0.0716 e. The molecule has 1 aliphatic heterocycles. The van der Waals surface area contributed by atoms with E-state index >= 15 is 0 Å². The minimum absolute atomic E-state index is 0.169. The van der Waals surface area contributed by atoms with Crippen molar-refractivity contribution in [2.45, 2.75) is 38.0 Å². The van der Waals surface area contributed by atoms with Crippen LogP contribution in [0.4, 0.5) is 0 Å². The lowest BCUT2D eigenvalue weighted by molar-refractivity contribution is 0.113. The molecule has 0 amide bonds. The predicted molar refractivity (Wildman–Crippen MR) is 85.2 cm³/mol. The van der Waals surface area contributed by atoms with Crippen molar-refractivity contribution in [2.24, 2.45) is 5.73 Å². The van der Waals surface area contributed by atoms with Crippen molar-refractivity contribution in [1.29, 1.82) is 0 Å². The minimum Gasteiger partial charge on any atom is -0.383 e. The lowest BCUT2D eigenvalue weighted by Gasteiger charge is -2.34. The number of likely N-dealkylation sites (tertiary alicyclic amines) is 1. The number of nitrogens with zero attached hydrogens (tertiary/aromatic N) is 1. The van der Waals surface area contributed by atoms with Crippen molar-refractivity contribution < 1.29 is 9.47 Å². The Morgan fingerprint density at radius 2 is 2.00 bits per heavy atom. The van der Waals surface area contributed by atoms with Gasteiger partial charge in [0.05, 0.1) is 19.3 Å². The van der Waals surface area contributed by atoms with E-state index in [0.717, 1.165) is 26.1 Å². The Morgan fingerprint density at radius 1 is 1.19 bits per heavy atom. The fourth-order valence-electron chi connectivity index (χ4n) is 3.26. The molecule has 1 aliphatic rings. The number of hydrogen-bond acceptors (Lipinski definition) is 4. The summed E-state index contributed by atoms with van der Waals surface area (Å²) in [6.07, 6.45) is 3.49. The number of hydrogen-bond donors (Lipinski definition) is 1. The van der Waals surface area contributed by atoms with Gasteiger partial charge in [-0.05, 0) is 30.5 Å². The Morgan fingerprint density at radius 3 is 2.76 bits per heavy atom. The number of nitrogens with two attached hydrogens (primary N) is 1. The highest BCUT2D eigenvalue weighted by molar-refractivity contribution is 5.31. The zero-order valence-corrected chi connectivity index (χ0v) is 13.3. The van der Waals surface area contributed by atoms with Crippen LogP contribution in [0.2, 0.25) is 0 Å². The molecule has 4 heteroatoms. The topological polar surface area (TPSA) is 47.7 Å². The van der Waals surface area contributed by atoms with Crippen molar-refractivity contribution in [3.63, 3.8) is 0 Å². The van der Waals surface area contributed by atoms with Gasteiger partial charge in [-0.25, -0.2) is 0 Å². The fraction of sp³-hybridized carbons (Fsp3) is 0.647. The molecule has 2 N–H and O–H groups in total. The van der Waals surface area contributed by atoms with Gasteiger partial charge in [-0.2, -0.15) is 0 Å². The summed E-state index contributed by atoms with van der Waals surface area (Å²) in [6.45, 7) is 3.40. The Hall–Kier alpha value is -0.940. The van der Waals surface area contributed by atoms with E-state index in [0.29, 0.717) is 6.61 Å². The van der Waals surface area contributed by atoms with E-state index in [1.54, 1.807) is 14.2 Å². The monoisotopic (exact) mass is 292 g/mol. The van der Waals surface area contributed by atoms with Crippen LogP contribution >= 0.6 is 0 Å². The second-order valence-corrected chi connectivity index (χ2v) is 5.77. The molecule has 2 rings (SSSR count). The summed E-state index contributed by atoms with van der Waals surface area (Å²) >= 11 is 0. The first kappa shape index (κ1) is 16.4. The molecule has 0 saturated carbocycles. The number of benzene rings is 1. The van der Waals surface area contributed by atoms with Crippen LogP contribution in [0.5, 0.6) is 0 Å². The molecule has 2 unspecified atom stereocenters. The van der Waals surface area contributed by atoms with Gasteiger partial charge in [-0.15, -0.1) is 0 Å². The van der Waals surface area contributed by atoms with E-state index in [2.05, 4.69) is 29.2 Å². The van der Waals surface area contributed by atoms with Crippen LogP contribution in [0.3, 0.4) is 0 Å². The van der Waals surface area contributed by atoms with Crippen molar-refractivity contribution in [3.8, 4) is 0 Å². The molecule has 1 aromatic carbocycles. The number of methoxy groups -OCH3 is 2. The first-order valence-corrected chi connectivity index (χ1v) is 7.83. The van der Waals surface area contributed by atoms with Crippen LogP contribution in [0.15, 0.2) is 24.3 Å². The molecule has 0 spiro atoms. The van der Waals surface area contributed by atoms with Crippen LogP contribution in [0.1, 0.15) is 36.4 Å². The summed E-state index contributed by atoms with van der Waals surface area (Å²) < 4.78 is 10.6. The first-order chi connectivity index (χ1) is 10.3. The van der Waals surface area contributed by atoms with Gasteiger partial charge in [-0.1, -0.05) is 30.7 Å². The largest absolute Gasteiger partial charge is 0.383 e. The third-order valence-electron chi connectivity index (χ3n) is 4.29. The van der Waals surface area contributed by atoms with Gasteiger partial charge in [0.25, 0.3) is 0 Å². The molecular weight excluding hydrogens is 264 g/mol. The summed E-state index contributed by atoms with van der Waals surface area (Å²) in [4.78, 5) is 2.48. The molecule has 0 bridgehead atoms. The van der Waals surface area contributed by atoms with Gasteiger partial charge in [0, 0.05) is 26.8 Å².